The number of para-hydroxylation sites is 1. The monoisotopic (exact) mass is 730 g/mol. The van der Waals surface area contributed by atoms with Gasteiger partial charge in [0.2, 0.25) is 0 Å². The molecule has 7 heteroatoms. The van der Waals surface area contributed by atoms with Crippen LogP contribution in [0.4, 0.5) is 0 Å². The SMILES string of the molecule is c1ccc(-c2nc(-c3cccc4sc5ccccc5c34)nc(-c3cccc4sc5c(-c6cccc(-c7nc8ccccc8s7)c6)cccc5c34)n2)cc1. The second-order valence-corrected chi connectivity index (χ2v) is 16.1. The van der Waals surface area contributed by atoms with Gasteiger partial charge in [-0.15, -0.1) is 34.0 Å². The molecule has 11 aromatic rings. The van der Waals surface area contributed by atoms with Crippen LogP contribution >= 0.6 is 34.0 Å². The van der Waals surface area contributed by atoms with Gasteiger partial charge in [0.1, 0.15) is 5.01 Å². The van der Waals surface area contributed by atoms with Gasteiger partial charge in [-0.25, -0.2) is 19.9 Å². The number of rotatable bonds is 5. The van der Waals surface area contributed by atoms with Crippen LogP contribution in [0.15, 0.2) is 158 Å². The standard InChI is InChI=1S/C46H26N4S3/c1-2-12-27(13-3-1)43-48-44(33-19-10-24-38-40(33)31-16-4-6-22-36(31)51-38)50-45(49-43)34-20-11-25-39-41(34)32-18-9-17-30(42(32)52-39)28-14-8-15-29(26-28)46-47-35-21-5-7-23-37(35)53-46/h1-26H. The van der Waals surface area contributed by atoms with Gasteiger partial charge in [0, 0.05) is 62.6 Å². The molecule has 4 aromatic heterocycles. The van der Waals surface area contributed by atoms with Gasteiger partial charge in [0.05, 0.1) is 10.2 Å². The van der Waals surface area contributed by atoms with E-state index in [-0.39, 0.29) is 0 Å². The molecule has 0 saturated heterocycles. The number of hydrogen-bond donors (Lipinski definition) is 0. The lowest BCUT2D eigenvalue weighted by Gasteiger charge is -2.10. The summed E-state index contributed by atoms with van der Waals surface area (Å²) < 4.78 is 6.11. The fourth-order valence-corrected chi connectivity index (χ4v) is 10.7. The lowest BCUT2D eigenvalue weighted by molar-refractivity contribution is 1.08. The number of thiophene rings is 2. The van der Waals surface area contributed by atoms with Crippen molar-refractivity contribution in [3.63, 3.8) is 0 Å². The zero-order valence-corrected chi connectivity index (χ0v) is 30.5. The maximum Gasteiger partial charge on any atom is 0.164 e. The van der Waals surface area contributed by atoms with Crippen LogP contribution in [0.3, 0.4) is 0 Å². The van der Waals surface area contributed by atoms with Crippen LogP contribution in [0, 0.1) is 0 Å². The molecule has 0 N–H and O–H groups in total. The number of fused-ring (bicyclic) bond motifs is 7. The number of thiazole rings is 1. The molecule has 0 fully saturated rings. The first-order valence-corrected chi connectivity index (χ1v) is 19.8. The Balaban J connectivity index is 1.11. The van der Waals surface area contributed by atoms with E-state index in [0.29, 0.717) is 17.5 Å². The summed E-state index contributed by atoms with van der Waals surface area (Å²) in [4.78, 5) is 20.6. The number of benzene rings is 7. The summed E-state index contributed by atoms with van der Waals surface area (Å²) in [6.07, 6.45) is 0. The smallest absolute Gasteiger partial charge is 0.164 e. The number of hydrogen-bond acceptors (Lipinski definition) is 7. The highest BCUT2D eigenvalue weighted by Crippen LogP contribution is 2.45. The molecule has 0 bridgehead atoms. The van der Waals surface area contributed by atoms with Gasteiger partial charge in [-0.3, -0.25) is 0 Å². The van der Waals surface area contributed by atoms with Crippen molar-refractivity contribution in [3.05, 3.63) is 158 Å². The van der Waals surface area contributed by atoms with Crippen molar-refractivity contribution in [2.75, 3.05) is 0 Å². The van der Waals surface area contributed by atoms with Gasteiger partial charge < -0.3 is 0 Å². The summed E-state index contributed by atoms with van der Waals surface area (Å²) in [6, 6.07) is 55.5. The van der Waals surface area contributed by atoms with Crippen LogP contribution in [0.5, 0.6) is 0 Å². The largest absolute Gasteiger partial charge is 0.236 e. The van der Waals surface area contributed by atoms with Gasteiger partial charge in [0.15, 0.2) is 17.5 Å². The van der Waals surface area contributed by atoms with Crippen LogP contribution in [0.2, 0.25) is 0 Å². The second kappa shape index (κ2) is 12.2. The number of nitrogens with zero attached hydrogens (tertiary/aromatic N) is 4. The van der Waals surface area contributed by atoms with Crippen LogP contribution in [0.1, 0.15) is 0 Å². The molecule has 0 atom stereocenters. The van der Waals surface area contributed by atoms with E-state index in [4.69, 9.17) is 19.9 Å². The van der Waals surface area contributed by atoms with Gasteiger partial charge in [-0.1, -0.05) is 121 Å². The molecule has 0 spiro atoms. The quantitative estimate of drug-likeness (QED) is 0.177. The summed E-state index contributed by atoms with van der Waals surface area (Å²) in [5.41, 5.74) is 7.50. The molecule has 0 amide bonds. The summed E-state index contributed by atoms with van der Waals surface area (Å²) in [5, 5.41) is 5.78. The van der Waals surface area contributed by atoms with Crippen LogP contribution in [0.25, 0.3) is 106 Å². The average Bonchev–Trinajstić information content (AvgIpc) is 3.94. The second-order valence-electron chi connectivity index (χ2n) is 13.0. The maximum absolute atomic E-state index is 5.30. The number of aromatic nitrogens is 4. The zero-order chi connectivity index (χ0) is 34.9. The normalized spacial score (nSPS) is 11.8. The maximum atomic E-state index is 5.30. The average molecular weight is 731 g/mol. The van der Waals surface area contributed by atoms with E-state index in [1.807, 2.05) is 35.6 Å². The molecule has 0 aliphatic carbocycles. The molecule has 0 radical (unpaired) electrons. The fraction of sp³-hybridized carbons (Fsp3) is 0. The molecular formula is C46H26N4S3. The molecule has 0 unspecified atom stereocenters. The Morgan fingerprint density at radius 3 is 1.72 bits per heavy atom. The van der Waals surface area contributed by atoms with Crippen molar-refractivity contribution in [2.45, 2.75) is 0 Å². The fourth-order valence-electron chi connectivity index (χ4n) is 7.37. The highest BCUT2D eigenvalue weighted by molar-refractivity contribution is 7.26. The molecule has 53 heavy (non-hydrogen) atoms. The molecule has 7 aromatic carbocycles. The lowest BCUT2D eigenvalue weighted by Crippen LogP contribution is -2.00. The minimum absolute atomic E-state index is 0.658. The highest BCUT2D eigenvalue weighted by atomic mass is 32.1. The zero-order valence-electron chi connectivity index (χ0n) is 28.0. The minimum Gasteiger partial charge on any atom is -0.236 e. The molecule has 4 nitrogen and oxygen atoms in total. The summed E-state index contributed by atoms with van der Waals surface area (Å²) in [5.74, 6) is 2.00. The van der Waals surface area contributed by atoms with Gasteiger partial charge in [-0.2, -0.15) is 0 Å². The van der Waals surface area contributed by atoms with Crippen molar-refractivity contribution in [2.24, 2.45) is 0 Å². The Hall–Kier alpha value is -6.12. The van der Waals surface area contributed by atoms with Gasteiger partial charge >= 0.3 is 0 Å². The van der Waals surface area contributed by atoms with Crippen LogP contribution < -0.4 is 0 Å². The first kappa shape index (κ1) is 30.5. The summed E-state index contributed by atoms with van der Waals surface area (Å²) >= 11 is 5.36. The van der Waals surface area contributed by atoms with E-state index < -0.39 is 0 Å². The van der Waals surface area contributed by atoms with E-state index in [9.17, 15) is 0 Å². The lowest BCUT2D eigenvalue weighted by atomic mass is 9.99. The van der Waals surface area contributed by atoms with E-state index in [1.54, 1.807) is 22.7 Å². The molecule has 248 valence electrons. The highest BCUT2D eigenvalue weighted by Gasteiger charge is 2.20. The Bertz CT molecular complexity index is 3160. The van der Waals surface area contributed by atoms with Crippen molar-refractivity contribution < 1.29 is 0 Å². The van der Waals surface area contributed by atoms with E-state index in [1.165, 1.54) is 50.8 Å². The van der Waals surface area contributed by atoms with Crippen molar-refractivity contribution in [1.82, 2.24) is 19.9 Å². The van der Waals surface area contributed by atoms with Crippen LogP contribution in [-0.4, -0.2) is 19.9 Å². The van der Waals surface area contributed by atoms with E-state index in [0.717, 1.165) is 38.2 Å². The predicted molar refractivity (Wildman–Crippen MR) is 226 cm³/mol. The first-order chi connectivity index (χ1) is 26.2. The molecular weight excluding hydrogens is 705 g/mol. The summed E-state index contributed by atoms with van der Waals surface area (Å²) in [6.45, 7) is 0. The van der Waals surface area contributed by atoms with Crippen molar-refractivity contribution in [3.8, 4) is 55.9 Å². The molecule has 4 heterocycles. The third-order valence-electron chi connectivity index (χ3n) is 9.79. The van der Waals surface area contributed by atoms with Gasteiger partial charge in [-0.05, 0) is 47.5 Å². The summed E-state index contributed by atoms with van der Waals surface area (Å²) in [7, 11) is 0. The third-order valence-corrected chi connectivity index (χ3v) is 13.2. The molecule has 11 rings (SSSR count). The van der Waals surface area contributed by atoms with E-state index in [2.05, 4.69) is 133 Å². The van der Waals surface area contributed by atoms with E-state index >= 15 is 0 Å². The molecule has 0 aliphatic rings. The van der Waals surface area contributed by atoms with Crippen LogP contribution in [-0.2, 0) is 0 Å². The Morgan fingerprint density at radius 2 is 0.906 bits per heavy atom. The minimum atomic E-state index is 0.658. The van der Waals surface area contributed by atoms with Crippen molar-refractivity contribution in [1.29, 1.82) is 0 Å². The third kappa shape index (κ3) is 5.08. The Morgan fingerprint density at radius 1 is 0.340 bits per heavy atom. The topological polar surface area (TPSA) is 51.6 Å². The molecule has 0 aliphatic heterocycles. The van der Waals surface area contributed by atoms with Crippen molar-refractivity contribution >= 4 is 84.6 Å². The predicted octanol–water partition coefficient (Wildman–Crippen LogP) is 13.6. The Labute approximate surface area is 316 Å². The molecule has 0 saturated carbocycles. The Kier molecular flexibility index (Phi) is 7.05. The van der Waals surface area contributed by atoms with Gasteiger partial charge in [0.25, 0.3) is 0 Å². The first-order valence-electron chi connectivity index (χ1n) is 17.4.